The quantitative estimate of drug-likeness (QED) is 0.641. The fourth-order valence-electron chi connectivity index (χ4n) is 2.85. The van der Waals surface area contributed by atoms with Crippen molar-refractivity contribution in [1.82, 2.24) is 0 Å². The Kier molecular flexibility index (Phi) is 6.43. The molecule has 1 atom stereocenters. The molecular weight excluding hydrogens is 392 g/mol. The highest BCUT2D eigenvalue weighted by Crippen LogP contribution is 2.32. The van der Waals surface area contributed by atoms with Gasteiger partial charge in [-0.15, -0.1) is 11.3 Å². The first-order valence-corrected chi connectivity index (χ1v) is 10.2. The molecule has 1 aromatic carbocycles. The highest BCUT2D eigenvalue weighted by molar-refractivity contribution is 7.14. The average Bonchev–Trinajstić information content (AvgIpc) is 3.12. The molecule has 29 heavy (non-hydrogen) atoms. The molecule has 1 aromatic heterocycles. The van der Waals surface area contributed by atoms with E-state index < -0.39 is 6.10 Å². The van der Waals surface area contributed by atoms with Crippen molar-refractivity contribution in [2.24, 2.45) is 0 Å². The summed E-state index contributed by atoms with van der Waals surface area (Å²) in [6.45, 7) is 3.58. The lowest BCUT2D eigenvalue weighted by Gasteiger charge is -2.23. The smallest absolute Gasteiger partial charge is 0.265 e. The van der Waals surface area contributed by atoms with Crippen LogP contribution in [0.25, 0.3) is 0 Å². The summed E-state index contributed by atoms with van der Waals surface area (Å²) < 4.78 is 5.47. The van der Waals surface area contributed by atoms with Crippen LogP contribution in [0.1, 0.15) is 47.2 Å². The minimum atomic E-state index is -0.565. The van der Waals surface area contributed by atoms with Crippen molar-refractivity contribution in [1.29, 1.82) is 0 Å². The molecule has 2 aromatic rings. The molecule has 0 bridgehead atoms. The van der Waals surface area contributed by atoms with Gasteiger partial charge in [-0.3, -0.25) is 19.2 Å². The number of hydrogen-bond acceptors (Lipinski definition) is 6. The fourth-order valence-corrected chi connectivity index (χ4v) is 3.68. The maximum absolute atomic E-state index is 12.1. The Hall–Kier alpha value is -3.00. The number of aryl methyl sites for hydroxylation is 1. The summed E-state index contributed by atoms with van der Waals surface area (Å²) in [5.74, 6) is -0.194. The molecule has 1 aliphatic rings. The van der Waals surface area contributed by atoms with Gasteiger partial charge >= 0.3 is 0 Å². The van der Waals surface area contributed by atoms with Crippen LogP contribution in [-0.2, 0) is 14.4 Å². The van der Waals surface area contributed by atoms with Gasteiger partial charge in [0.25, 0.3) is 5.91 Å². The Morgan fingerprint density at radius 1 is 1.10 bits per heavy atom. The third kappa shape index (κ3) is 5.51. The van der Waals surface area contributed by atoms with E-state index in [0.29, 0.717) is 22.0 Å². The van der Waals surface area contributed by atoms with Gasteiger partial charge in [0, 0.05) is 36.2 Å². The molecule has 3 rings (SSSR count). The van der Waals surface area contributed by atoms with Gasteiger partial charge in [0.1, 0.15) is 11.5 Å². The van der Waals surface area contributed by atoms with E-state index in [-0.39, 0.29) is 49.1 Å². The predicted molar refractivity (Wildman–Crippen MR) is 111 cm³/mol. The second kappa shape index (κ2) is 9.00. The third-order valence-electron chi connectivity index (χ3n) is 4.47. The second-order valence-electron chi connectivity index (χ2n) is 6.88. The lowest BCUT2D eigenvalue weighted by atomic mass is 10.1. The molecule has 0 aliphatic carbocycles. The summed E-state index contributed by atoms with van der Waals surface area (Å²) in [7, 11) is 0. The summed E-state index contributed by atoms with van der Waals surface area (Å²) in [4.78, 5) is 49.6. The van der Waals surface area contributed by atoms with Crippen molar-refractivity contribution >= 4 is 46.1 Å². The molecule has 7 nitrogen and oxygen atoms in total. The normalized spacial score (nSPS) is 15.1. The molecule has 2 heterocycles. The van der Waals surface area contributed by atoms with Crippen LogP contribution in [0.3, 0.4) is 0 Å². The van der Waals surface area contributed by atoms with Crippen molar-refractivity contribution < 1.29 is 23.9 Å². The van der Waals surface area contributed by atoms with Crippen molar-refractivity contribution in [3.63, 3.8) is 0 Å². The number of thiophene rings is 1. The number of ketones is 2. The van der Waals surface area contributed by atoms with Crippen molar-refractivity contribution in [2.45, 2.75) is 45.6 Å². The van der Waals surface area contributed by atoms with Crippen LogP contribution in [0.2, 0.25) is 0 Å². The zero-order valence-electron chi connectivity index (χ0n) is 16.2. The number of benzene rings is 1. The first-order valence-electron chi connectivity index (χ1n) is 9.34. The fraction of sp³-hybridized carbons (Fsp3) is 0.333. The molecule has 152 valence electrons. The minimum Gasteiger partial charge on any atom is -0.479 e. The Morgan fingerprint density at radius 3 is 2.59 bits per heavy atom. The molecular formula is C21H22N2O5S. The molecule has 0 radical (unpaired) electrons. The average molecular weight is 414 g/mol. The first-order chi connectivity index (χ1) is 13.8. The van der Waals surface area contributed by atoms with E-state index in [2.05, 4.69) is 10.6 Å². The van der Waals surface area contributed by atoms with E-state index in [1.54, 1.807) is 31.2 Å². The van der Waals surface area contributed by atoms with E-state index in [4.69, 9.17) is 4.74 Å². The number of Topliss-reactive ketones (excluding diaryl/α,β-unsaturated/α-hetero) is 2. The van der Waals surface area contributed by atoms with Crippen molar-refractivity contribution in [2.75, 3.05) is 10.6 Å². The largest absolute Gasteiger partial charge is 0.479 e. The van der Waals surface area contributed by atoms with Gasteiger partial charge in [-0.05, 0) is 44.2 Å². The first kappa shape index (κ1) is 20.7. The number of fused-ring (bicyclic) bond motifs is 1. The lowest BCUT2D eigenvalue weighted by Crippen LogP contribution is -2.34. The molecule has 1 unspecified atom stereocenters. The summed E-state index contributed by atoms with van der Waals surface area (Å²) in [5.41, 5.74) is 0.993. The number of rotatable bonds is 8. The maximum Gasteiger partial charge on any atom is 0.265 e. The number of amides is 2. The van der Waals surface area contributed by atoms with E-state index in [1.807, 2.05) is 13.0 Å². The lowest BCUT2D eigenvalue weighted by molar-refractivity contribution is -0.123. The van der Waals surface area contributed by atoms with Gasteiger partial charge in [-0.25, -0.2) is 0 Å². The van der Waals surface area contributed by atoms with Crippen molar-refractivity contribution in [3.8, 4) is 5.75 Å². The van der Waals surface area contributed by atoms with Gasteiger partial charge in [0.2, 0.25) is 5.91 Å². The number of carbonyl (C=O) groups is 4. The molecule has 0 fully saturated rings. The van der Waals surface area contributed by atoms with Crippen LogP contribution >= 0.6 is 11.3 Å². The Balaban J connectivity index is 1.44. The summed E-state index contributed by atoms with van der Waals surface area (Å²) >= 11 is 1.42. The Bertz CT molecular complexity index is 966. The Morgan fingerprint density at radius 2 is 1.86 bits per heavy atom. The SMILES string of the molecule is Cc1ccc(C(=O)CCC(=O)CCC(=O)Nc2ccc3c(c2)NC(=O)C(C)O3)s1. The molecule has 2 amide bonds. The molecule has 1 aliphatic heterocycles. The molecule has 2 N–H and O–H groups in total. The minimum absolute atomic E-state index is 0.0299. The summed E-state index contributed by atoms with van der Waals surface area (Å²) in [6.07, 6.45) is -0.176. The molecule has 8 heteroatoms. The highest BCUT2D eigenvalue weighted by atomic mass is 32.1. The summed E-state index contributed by atoms with van der Waals surface area (Å²) in [5, 5.41) is 5.42. The number of anilines is 2. The maximum atomic E-state index is 12.1. The van der Waals surface area contributed by atoms with E-state index in [1.165, 1.54) is 11.3 Å². The van der Waals surface area contributed by atoms with E-state index >= 15 is 0 Å². The van der Waals surface area contributed by atoms with Crippen LogP contribution < -0.4 is 15.4 Å². The van der Waals surface area contributed by atoms with Crippen LogP contribution in [0, 0.1) is 6.92 Å². The van der Waals surface area contributed by atoms with Crippen LogP contribution in [0.5, 0.6) is 5.75 Å². The van der Waals surface area contributed by atoms with Gasteiger partial charge in [-0.2, -0.15) is 0 Å². The van der Waals surface area contributed by atoms with Gasteiger partial charge < -0.3 is 15.4 Å². The number of nitrogens with one attached hydrogen (secondary N) is 2. The van der Waals surface area contributed by atoms with Crippen LogP contribution in [0.4, 0.5) is 11.4 Å². The second-order valence-corrected chi connectivity index (χ2v) is 8.17. The number of hydrogen-bond donors (Lipinski definition) is 2. The topological polar surface area (TPSA) is 102 Å². The zero-order chi connectivity index (χ0) is 21.0. The van der Waals surface area contributed by atoms with Gasteiger partial charge in [0.05, 0.1) is 10.6 Å². The monoisotopic (exact) mass is 414 g/mol. The number of carbonyl (C=O) groups excluding carboxylic acids is 4. The van der Waals surface area contributed by atoms with Crippen LogP contribution in [0.15, 0.2) is 30.3 Å². The molecule has 0 saturated carbocycles. The van der Waals surface area contributed by atoms with E-state index in [0.717, 1.165) is 4.88 Å². The molecule has 0 saturated heterocycles. The Labute approximate surface area is 172 Å². The summed E-state index contributed by atoms with van der Waals surface area (Å²) in [6, 6.07) is 8.60. The highest BCUT2D eigenvalue weighted by Gasteiger charge is 2.23. The predicted octanol–water partition coefficient (Wildman–Crippen LogP) is 3.73. The van der Waals surface area contributed by atoms with Gasteiger partial charge in [0.15, 0.2) is 11.9 Å². The van der Waals surface area contributed by atoms with Crippen LogP contribution in [-0.4, -0.2) is 29.5 Å². The molecule has 0 spiro atoms. The number of ether oxygens (including phenoxy) is 1. The van der Waals surface area contributed by atoms with Gasteiger partial charge in [-0.1, -0.05) is 0 Å². The zero-order valence-corrected chi connectivity index (χ0v) is 17.1. The van der Waals surface area contributed by atoms with Crippen molar-refractivity contribution in [3.05, 3.63) is 40.1 Å². The third-order valence-corrected chi connectivity index (χ3v) is 5.51. The van der Waals surface area contributed by atoms with E-state index in [9.17, 15) is 19.2 Å². The standard InChI is InChI=1S/C21H22N2O5S/c1-12-3-9-19(29-12)17(25)7-5-15(24)6-10-20(26)22-14-4-8-18-16(11-14)23-21(27)13(2)28-18/h3-4,8-9,11,13H,5-7,10H2,1-2H3,(H,22,26)(H,23,27).